The van der Waals surface area contributed by atoms with Crippen molar-refractivity contribution < 1.29 is 17.5 Å². The Kier molecular flexibility index (Phi) is 5.17. The third-order valence-corrected chi connectivity index (χ3v) is 5.87. The van der Waals surface area contributed by atoms with Crippen molar-refractivity contribution in [3.05, 3.63) is 42.3 Å². The van der Waals surface area contributed by atoms with Crippen molar-refractivity contribution in [1.29, 1.82) is 0 Å². The molecule has 1 aliphatic rings. The van der Waals surface area contributed by atoms with Gasteiger partial charge in [-0.1, -0.05) is 6.42 Å². The number of halogens is 1. The van der Waals surface area contributed by atoms with Gasteiger partial charge < -0.3 is 10.1 Å². The minimum Gasteiger partial charge on any atom is -0.439 e. The fourth-order valence-electron chi connectivity index (χ4n) is 2.94. The summed E-state index contributed by atoms with van der Waals surface area (Å²) in [6.45, 7) is 0. The van der Waals surface area contributed by atoms with Crippen LogP contribution in [0, 0.1) is 5.82 Å². The lowest BCUT2D eigenvalue weighted by molar-refractivity contribution is 0.446. The zero-order chi connectivity index (χ0) is 17.9. The second kappa shape index (κ2) is 7.35. The number of nitrogens with one attached hydrogen (secondary N) is 1. The first-order chi connectivity index (χ1) is 11.9. The second-order valence-corrected chi connectivity index (χ2v) is 8.56. The summed E-state index contributed by atoms with van der Waals surface area (Å²) < 4.78 is 42.0. The summed E-state index contributed by atoms with van der Waals surface area (Å²) >= 11 is 0. The Morgan fingerprint density at radius 1 is 1.20 bits per heavy atom. The molecule has 1 aliphatic carbocycles. The number of hydrogen-bond donors (Lipinski definition) is 1. The number of hydrogen-bond acceptors (Lipinski definition) is 6. The van der Waals surface area contributed by atoms with E-state index in [2.05, 4.69) is 15.3 Å². The van der Waals surface area contributed by atoms with E-state index in [0.29, 0.717) is 30.4 Å². The molecule has 0 spiro atoms. The Morgan fingerprint density at radius 3 is 2.68 bits per heavy atom. The quantitative estimate of drug-likeness (QED) is 0.876. The molecule has 0 bridgehead atoms. The predicted octanol–water partition coefficient (Wildman–Crippen LogP) is 3.18. The van der Waals surface area contributed by atoms with Crippen molar-refractivity contribution >= 4 is 15.8 Å². The summed E-state index contributed by atoms with van der Waals surface area (Å²) in [4.78, 5) is 8.45. The van der Waals surface area contributed by atoms with Crippen LogP contribution in [-0.2, 0) is 9.84 Å². The zero-order valence-electron chi connectivity index (χ0n) is 13.9. The molecule has 2 unspecified atom stereocenters. The van der Waals surface area contributed by atoms with Gasteiger partial charge in [-0.05, 0) is 43.5 Å². The maximum Gasteiger partial charge on any atom is 0.226 e. The van der Waals surface area contributed by atoms with Crippen LogP contribution in [-0.4, -0.2) is 35.9 Å². The van der Waals surface area contributed by atoms with E-state index in [9.17, 15) is 12.8 Å². The first kappa shape index (κ1) is 17.6. The molecule has 25 heavy (non-hydrogen) atoms. The number of sulfone groups is 1. The second-order valence-electron chi connectivity index (χ2n) is 6.23. The maximum atomic E-state index is 12.9. The number of aromatic nitrogens is 2. The van der Waals surface area contributed by atoms with Gasteiger partial charge in [-0.3, -0.25) is 0 Å². The van der Waals surface area contributed by atoms with Crippen molar-refractivity contribution in [1.82, 2.24) is 9.97 Å². The third kappa shape index (κ3) is 4.88. The van der Waals surface area contributed by atoms with Crippen molar-refractivity contribution in [2.75, 3.05) is 11.6 Å². The number of rotatable bonds is 5. The molecule has 0 radical (unpaired) electrons. The molecule has 3 rings (SSSR count). The Bertz CT molecular complexity index is 827. The Morgan fingerprint density at radius 2 is 1.96 bits per heavy atom. The number of anilines is 1. The first-order valence-electron chi connectivity index (χ1n) is 8.12. The minimum absolute atomic E-state index is 0.00884. The molecule has 1 aromatic carbocycles. The van der Waals surface area contributed by atoms with Gasteiger partial charge in [0.1, 0.15) is 21.4 Å². The highest BCUT2D eigenvalue weighted by Crippen LogP contribution is 2.26. The molecule has 1 fully saturated rings. The van der Waals surface area contributed by atoms with E-state index >= 15 is 0 Å². The Hall–Kier alpha value is -2.22. The summed E-state index contributed by atoms with van der Waals surface area (Å²) in [6, 6.07) is 7.26. The van der Waals surface area contributed by atoms with Crippen LogP contribution in [0.3, 0.4) is 0 Å². The van der Waals surface area contributed by atoms with E-state index in [-0.39, 0.29) is 17.1 Å². The molecule has 2 aromatic rings. The molecule has 0 amide bonds. The molecule has 2 atom stereocenters. The van der Waals surface area contributed by atoms with Crippen molar-refractivity contribution in [3.63, 3.8) is 0 Å². The van der Waals surface area contributed by atoms with Crippen molar-refractivity contribution in [3.8, 4) is 11.6 Å². The molecule has 134 valence electrons. The van der Waals surface area contributed by atoms with Gasteiger partial charge in [-0.15, -0.1) is 0 Å². The molecule has 0 saturated heterocycles. The van der Waals surface area contributed by atoms with Gasteiger partial charge in [0.2, 0.25) is 11.8 Å². The monoisotopic (exact) mass is 365 g/mol. The normalized spacial score (nSPS) is 20.9. The topological polar surface area (TPSA) is 81.2 Å². The minimum atomic E-state index is -3.04. The van der Waals surface area contributed by atoms with Crippen LogP contribution >= 0.6 is 0 Å². The van der Waals surface area contributed by atoms with Gasteiger partial charge in [0.25, 0.3) is 0 Å². The average molecular weight is 365 g/mol. The van der Waals surface area contributed by atoms with Gasteiger partial charge in [-0.25, -0.2) is 17.8 Å². The van der Waals surface area contributed by atoms with E-state index in [0.717, 1.165) is 12.8 Å². The Labute approximate surface area is 146 Å². The summed E-state index contributed by atoms with van der Waals surface area (Å²) in [5, 5.41) is 2.87. The predicted molar refractivity (Wildman–Crippen MR) is 93.0 cm³/mol. The lowest BCUT2D eigenvalue weighted by Crippen LogP contribution is -2.34. The summed E-state index contributed by atoms with van der Waals surface area (Å²) in [6.07, 6.45) is 5.81. The smallest absolute Gasteiger partial charge is 0.226 e. The molecule has 1 heterocycles. The Balaban J connectivity index is 1.66. The van der Waals surface area contributed by atoms with Crippen molar-refractivity contribution in [2.45, 2.75) is 37.0 Å². The zero-order valence-corrected chi connectivity index (χ0v) is 14.7. The molecule has 8 heteroatoms. The van der Waals surface area contributed by atoms with Gasteiger partial charge in [-0.2, -0.15) is 4.98 Å². The average Bonchev–Trinajstić information content (AvgIpc) is 2.57. The van der Waals surface area contributed by atoms with Crippen LogP contribution < -0.4 is 10.1 Å². The molecule has 1 N–H and O–H groups in total. The van der Waals surface area contributed by atoms with E-state index in [1.165, 1.54) is 30.5 Å². The van der Waals surface area contributed by atoms with Gasteiger partial charge in [0.15, 0.2) is 0 Å². The van der Waals surface area contributed by atoms with E-state index < -0.39 is 9.84 Å². The lowest BCUT2D eigenvalue weighted by Gasteiger charge is -2.28. The fraction of sp³-hybridized carbons (Fsp3) is 0.412. The van der Waals surface area contributed by atoms with Crippen LogP contribution in [0.4, 0.5) is 10.3 Å². The number of ether oxygens (including phenoxy) is 1. The van der Waals surface area contributed by atoms with E-state index in [1.54, 1.807) is 12.3 Å². The van der Waals surface area contributed by atoms with Crippen LogP contribution in [0.15, 0.2) is 36.5 Å². The maximum absolute atomic E-state index is 12.9. The van der Waals surface area contributed by atoms with Crippen LogP contribution in [0.5, 0.6) is 11.6 Å². The molecular weight excluding hydrogens is 345 g/mol. The number of nitrogens with zero attached hydrogens (tertiary/aromatic N) is 2. The third-order valence-electron chi connectivity index (χ3n) is 4.23. The highest BCUT2D eigenvalue weighted by atomic mass is 32.2. The van der Waals surface area contributed by atoms with Crippen LogP contribution in [0.2, 0.25) is 0 Å². The number of benzene rings is 1. The van der Waals surface area contributed by atoms with E-state index in [4.69, 9.17) is 4.74 Å². The molecule has 1 aromatic heterocycles. The molecule has 0 aliphatic heterocycles. The lowest BCUT2D eigenvalue weighted by atomic mass is 9.95. The summed E-state index contributed by atoms with van der Waals surface area (Å²) in [5.74, 6) is 0.856. The first-order valence-corrected chi connectivity index (χ1v) is 10.1. The molecule has 1 saturated carbocycles. The largest absolute Gasteiger partial charge is 0.439 e. The van der Waals surface area contributed by atoms with Gasteiger partial charge >= 0.3 is 0 Å². The highest BCUT2D eigenvalue weighted by molar-refractivity contribution is 7.91. The standard InChI is InChI=1S/C17H20FN3O3S/c1-25(22,23)15-4-2-3-13(11-15)20-17-19-10-9-16(21-17)24-14-7-5-12(18)6-8-14/h5-10,13,15H,2-4,11H2,1H3,(H,19,20,21). The molecular formula is C17H20FN3O3S. The fourth-order valence-corrected chi connectivity index (χ4v) is 4.12. The van der Waals surface area contributed by atoms with Crippen LogP contribution in [0.1, 0.15) is 25.7 Å². The van der Waals surface area contributed by atoms with Gasteiger partial charge in [0, 0.05) is 24.6 Å². The summed E-state index contributed by atoms with van der Waals surface area (Å²) in [5.41, 5.74) is 0. The van der Waals surface area contributed by atoms with E-state index in [1.807, 2.05) is 0 Å². The highest BCUT2D eigenvalue weighted by Gasteiger charge is 2.29. The van der Waals surface area contributed by atoms with Crippen LogP contribution in [0.25, 0.3) is 0 Å². The SMILES string of the molecule is CS(=O)(=O)C1CCCC(Nc2nccc(Oc3ccc(F)cc3)n2)C1. The molecule has 6 nitrogen and oxygen atoms in total. The van der Waals surface area contributed by atoms with Crippen molar-refractivity contribution in [2.24, 2.45) is 0 Å². The van der Waals surface area contributed by atoms with Gasteiger partial charge in [0.05, 0.1) is 5.25 Å². The summed E-state index contributed by atoms with van der Waals surface area (Å²) in [7, 11) is -3.04.